The Morgan fingerprint density at radius 3 is 1.31 bits per heavy atom. The van der Waals surface area contributed by atoms with E-state index in [1.54, 1.807) is 0 Å². The first kappa shape index (κ1) is 28.3. The maximum absolute atomic E-state index is 10.5. The van der Waals surface area contributed by atoms with Crippen LogP contribution in [-0.2, 0) is 9.59 Å². The van der Waals surface area contributed by atoms with Gasteiger partial charge in [0.2, 0.25) is 0 Å². The average Bonchev–Trinajstić information content (AvgIpc) is 2.66. The highest BCUT2D eigenvalue weighted by molar-refractivity contribution is 7.57. The normalized spacial score (nSPS) is 12.2. The third-order valence-corrected chi connectivity index (χ3v) is 8.43. The summed E-state index contributed by atoms with van der Waals surface area (Å²) in [5, 5.41) is 0. The average molecular weight is 423 g/mol. The topological polar surface area (TPSA) is 34.1 Å². The summed E-state index contributed by atoms with van der Waals surface area (Å²) in [5.74, 6) is 5.22. The summed E-state index contributed by atoms with van der Waals surface area (Å²) in [7, 11) is 0.190. The van der Waals surface area contributed by atoms with Crippen molar-refractivity contribution in [2.45, 2.75) is 105 Å². The lowest BCUT2D eigenvalue weighted by Gasteiger charge is -2.18. The zero-order valence-corrected chi connectivity index (χ0v) is 20.7. The highest BCUT2D eigenvalue weighted by Gasteiger charge is 2.09. The van der Waals surface area contributed by atoms with Crippen LogP contribution < -0.4 is 0 Å². The van der Waals surface area contributed by atoms with Crippen molar-refractivity contribution in [3.8, 4) is 0 Å². The maximum Gasteiger partial charge on any atom is 0.120 e. The zero-order chi connectivity index (χ0) is 21.7. The van der Waals surface area contributed by atoms with Gasteiger partial charge in [-0.1, -0.05) is 79.1 Å². The number of carbonyl (C=O) groups excluding carboxylic acids is 2. The Balaban J connectivity index is 4.13. The zero-order valence-electron chi connectivity index (χ0n) is 19.8. The van der Waals surface area contributed by atoms with E-state index in [0.717, 1.165) is 24.7 Å². The molecule has 0 radical (unpaired) electrons. The highest BCUT2D eigenvalue weighted by atomic mass is 31.1. The molecule has 29 heavy (non-hydrogen) atoms. The van der Waals surface area contributed by atoms with Crippen molar-refractivity contribution in [1.29, 1.82) is 0 Å². The molecule has 0 fully saturated rings. The van der Waals surface area contributed by atoms with Gasteiger partial charge in [0.05, 0.1) is 0 Å². The van der Waals surface area contributed by atoms with Crippen LogP contribution in [0.4, 0.5) is 0 Å². The lowest BCUT2D eigenvalue weighted by molar-refractivity contribution is 0.533. The fourth-order valence-electron chi connectivity index (χ4n) is 3.75. The van der Waals surface area contributed by atoms with Crippen LogP contribution in [0, 0.1) is 17.8 Å². The summed E-state index contributed by atoms with van der Waals surface area (Å²) in [6.45, 7) is 9.30. The van der Waals surface area contributed by atoms with E-state index in [2.05, 4.69) is 27.7 Å². The fraction of sp³-hybridized carbons (Fsp3) is 0.846. The van der Waals surface area contributed by atoms with Crippen molar-refractivity contribution in [3.05, 3.63) is 12.2 Å². The molecule has 0 aromatic heterocycles. The molecule has 0 amide bonds. The van der Waals surface area contributed by atoms with E-state index in [9.17, 15) is 9.59 Å². The first-order valence-corrected chi connectivity index (χ1v) is 14.0. The monoisotopic (exact) mass is 422 g/mol. The van der Waals surface area contributed by atoms with Gasteiger partial charge in [-0.25, -0.2) is 9.59 Å². The number of hydrogen-bond acceptors (Lipinski definition) is 2. The van der Waals surface area contributed by atoms with Gasteiger partial charge >= 0.3 is 0 Å². The highest BCUT2D eigenvalue weighted by Crippen LogP contribution is 2.39. The molecule has 0 saturated carbocycles. The van der Waals surface area contributed by atoms with Crippen LogP contribution in [0.1, 0.15) is 105 Å². The van der Waals surface area contributed by atoms with E-state index in [1.165, 1.54) is 94.8 Å². The van der Waals surface area contributed by atoms with Crippen LogP contribution >= 0.6 is 7.92 Å². The van der Waals surface area contributed by atoms with Crippen molar-refractivity contribution in [3.63, 3.8) is 0 Å². The molecule has 0 unspecified atom stereocenters. The SMILES string of the molecule is CC(C)CCCCCP(CCCCCC(C)C)CCCCCC(C=C=O)C=C=O. The van der Waals surface area contributed by atoms with Gasteiger partial charge in [-0.3, -0.25) is 0 Å². The lowest BCUT2D eigenvalue weighted by Crippen LogP contribution is -1.99. The van der Waals surface area contributed by atoms with E-state index in [0.29, 0.717) is 0 Å². The van der Waals surface area contributed by atoms with E-state index in [-0.39, 0.29) is 13.8 Å². The van der Waals surface area contributed by atoms with Crippen molar-refractivity contribution < 1.29 is 9.59 Å². The van der Waals surface area contributed by atoms with E-state index in [1.807, 2.05) is 11.9 Å². The van der Waals surface area contributed by atoms with Gasteiger partial charge in [0.15, 0.2) is 0 Å². The third kappa shape index (κ3) is 20.4. The Kier molecular flexibility index (Phi) is 20.1. The maximum atomic E-state index is 10.5. The second-order valence-electron chi connectivity index (χ2n) is 9.41. The van der Waals surface area contributed by atoms with Gasteiger partial charge in [-0.05, 0) is 56.0 Å². The van der Waals surface area contributed by atoms with Crippen LogP contribution in [0.25, 0.3) is 0 Å². The van der Waals surface area contributed by atoms with Gasteiger partial charge in [0.1, 0.15) is 11.9 Å². The molecule has 0 aliphatic rings. The van der Waals surface area contributed by atoms with E-state index < -0.39 is 0 Å². The molecular weight excluding hydrogens is 375 g/mol. The molecule has 0 spiro atoms. The molecule has 0 aromatic rings. The molecule has 2 nitrogen and oxygen atoms in total. The Hall–Kier alpha value is -0.670. The Bertz CT molecular complexity index is 423. The van der Waals surface area contributed by atoms with E-state index in [4.69, 9.17) is 0 Å². The van der Waals surface area contributed by atoms with Crippen molar-refractivity contribution >= 4 is 19.8 Å². The molecule has 0 saturated heterocycles. The minimum absolute atomic E-state index is 0.0755. The first-order chi connectivity index (χ1) is 14.0. The van der Waals surface area contributed by atoms with Crippen LogP contribution in [0.2, 0.25) is 0 Å². The molecule has 3 heteroatoms. The minimum atomic E-state index is -0.0755. The molecule has 0 bridgehead atoms. The molecule has 168 valence electrons. The predicted molar refractivity (Wildman–Crippen MR) is 131 cm³/mol. The Labute approximate surface area is 182 Å². The summed E-state index contributed by atoms with van der Waals surface area (Å²) in [6, 6.07) is 0. The number of unbranched alkanes of at least 4 members (excludes halogenated alkanes) is 6. The van der Waals surface area contributed by atoms with Gasteiger partial charge in [0.25, 0.3) is 0 Å². The van der Waals surface area contributed by atoms with Gasteiger partial charge in [-0.2, -0.15) is 0 Å². The summed E-state index contributed by atoms with van der Waals surface area (Å²) in [6.07, 6.45) is 22.9. The minimum Gasteiger partial charge on any atom is -0.234 e. The van der Waals surface area contributed by atoms with Crippen molar-refractivity contribution in [2.75, 3.05) is 18.5 Å². The fourth-order valence-corrected chi connectivity index (χ4v) is 6.43. The summed E-state index contributed by atoms with van der Waals surface area (Å²) in [4.78, 5) is 21.0. The standard InChI is InChI=1S/C26H47O2P/c1-24(2)14-8-5-11-21-29(22-12-6-9-15-25(3)4)23-13-7-10-16-26(17-19-27)18-20-28/h17-18,24-26H,5-16,21-23H2,1-4H3. The van der Waals surface area contributed by atoms with Crippen molar-refractivity contribution in [1.82, 2.24) is 0 Å². The molecule has 0 rings (SSSR count). The second kappa shape index (κ2) is 20.6. The molecule has 0 N–H and O–H groups in total. The summed E-state index contributed by atoms with van der Waals surface area (Å²) >= 11 is 0. The second-order valence-corrected chi connectivity index (χ2v) is 12.1. The summed E-state index contributed by atoms with van der Waals surface area (Å²) < 4.78 is 0. The first-order valence-electron chi connectivity index (χ1n) is 12.1. The lowest BCUT2D eigenvalue weighted by atomic mass is 10.0. The quantitative estimate of drug-likeness (QED) is 0.114. The number of allylic oxidation sites excluding steroid dienone is 2. The predicted octanol–water partition coefficient (Wildman–Crippen LogP) is 7.85. The molecule has 0 aliphatic heterocycles. The summed E-state index contributed by atoms with van der Waals surface area (Å²) in [5.41, 5.74) is 0. The van der Waals surface area contributed by atoms with E-state index >= 15 is 0 Å². The van der Waals surface area contributed by atoms with Gasteiger partial charge < -0.3 is 0 Å². The molecular formula is C26H47O2P. The smallest absolute Gasteiger partial charge is 0.120 e. The molecule has 0 atom stereocenters. The molecule has 0 heterocycles. The largest absolute Gasteiger partial charge is 0.234 e. The van der Waals surface area contributed by atoms with Gasteiger partial charge in [0, 0.05) is 18.1 Å². The van der Waals surface area contributed by atoms with Crippen LogP contribution in [-0.4, -0.2) is 30.4 Å². The molecule has 0 aliphatic carbocycles. The molecule has 0 aromatic carbocycles. The third-order valence-electron chi connectivity index (χ3n) is 5.59. The van der Waals surface area contributed by atoms with Crippen LogP contribution in [0.3, 0.4) is 0 Å². The Morgan fingerprint density at radius 1 is 0.586 bits per heavy atom. The van der Waals surface area contributed by atoms with Crippen LogP contribution in [0.5, 0.6) is 0 Å². The number of hydrogen-bond donors (Lipinski definition) is 0. The van der Waals surface area contributed by atoms with Gasteiger partial charge in [-0.15, -0.1) is 7.92 Å². The van der Waals surface area contributed by atoms with Crippen LogP contribution in [0.15, 0.2) is 12.2 Å². The Morgan fingerprint density at radius 2 is 0.966 bits per heavy atom. The van der Waals surface area contributed by atoms with Crippen molar-refractivity contribution in [2.24, 2.45) is 17.8 Å². The number of rotatable bonds is 20.